The number of fused-ring (bicyclic) bond motifs is 1. The van der Waals surface area contributed by atoms with Crippen molar-refractivity contribution in [3.8, 4) is 0 Å². The molecule has 1 heterocycles. The predicted octanol–water partition coefficient (Wildman–Crippen LogP) is 3.52. The SMILES string of the molecule is O=C(CC1NC(=O)c2ccccc21)Nc1cccc(C(F)(F)F)c1. The number of hydrogen-bond donors (Lipinski definition) is 2. The van der Waals surface area contributed by atoms with E-state index in [0.29, 0.717) is 11.1 Å². The van der Waals surface area contributed by atoms with Gasteiger partial charge in [0.15, 0.2) is 0 Å². The van der Waals surface area contributed by atoms with Crippen LogP contribution in [0.2, 0.25) is 0 Å². The fourth-order valence-corrected chi connectivity index (χ4v) is 2.65. The molecule has 7 heteroatoms. The van der Waals surface area contributed by atoms with Crippen LogP contribution >= 0.6 is 0 Å². The third-order valence-corrected chi connectivity index (χ3v) is 3.75. The van der Waals surface area contributed by atoms with Crippen molar-refractivity contribution in [3.63, 3.8) is 0 Å². The molecule has 1 aliphatic rings. The van der Waals surface area contributed by atoms with E-state index in [4.69, 9.17) is 0 Å². The normalized spacial score (nSPS) is 16.5. The summed E-state index contributed by atoms with van der Waals surface area (Å²) in [7, 11) is 0. The molecule has 2 aromatic rings. The fraction of sp³-hybridized carbons (Fsp3) is 0.176. The molecule has 2 aromatic carbocycles. The molecular weight excluding hydrogens is 321 g/mol. The van der Waals surface area contributed by atoms with Crippen LogP contribution in [-0.2, 0) is 11.0 Å². The topological polar surface area (TPSA) is 58.2 Å². The van der Waals surface area contributed by atoms with Gasteiger partial charge in [-0.15, -0.1) is 0 Å². The van der Waals surface area contributed by atoms with Crippen molar-refractivity contribution >= 4 is 17.5 Å². The lowest BCUT2D eigenvalue weighted by atomic mass is 10.0. The van der Waals surface area contributed by atoms with Crippen molar-refractivity contribution in [1.29, 1.82) is 0 Å². The Hall–Kier alpha value is -2.83. The smallest absolute Gasteiger partial charge is 0.345 e. The van der Waals surface area contributed by atoms with Crippen molar-refractivity contribution in [3.05, 3.63) is 65.2 Å². The highest BCUT2D eigenvalue weighted by Gasteiger charge is 2.31. The molecule has 1 unspecified atom stereocenters. The molecule has 0 bridgehead atoms. The van der Waals surface area contributed by atoms with Crippen LogP contribution in [0.5, 0.6) is 0 Å². The number of hydrogen-bond acceptors (Lipinski definition) is 2. The van der Waals surface area contributed by atoms with Gasteiger partial charge in [0.25, 0.3) is 5.91 Å². The first-order chi connectivity index (χ1) is 11.3. The first-order valence-electron chi connectivity index (χ1n) is 7.21. The van der Waals surface area contributed by atoms with E-state index < -0.39 is 23.7 Å². The van der Waals surface area contributed by atoms with Gasteiger partial charge in [-0.05, 0) is 29.8 Å². The maximum absolute atomic E-state index is 12.7. The van der Waals surface area contributed by atoms with Gasteiger partial charge in [-0.1, -0.05) is 24.3 Å². The highest BCUT2D eigenvalue weighted by atomic mass is 19.4. The third kappa shape index (κ3) is 3.24. The summed E-state index contributed by atoms with van der Waals surface area (Å²) < 4.78 is 38.0. The molecule has 124 valence electrons. The minimum absolute atomic E-state index is 0.0565. The molecule has 0 fully saturated rings. The Labute approximate surface area is 135 Å². The van der Waals surface area contributed by atoms with Crippen LogP contribution in [0.25, 0.3) is 0 Å². The number of carbonyl (C=O) groups is 2. The molecule has 1 aliphatic heterocycles. The summed E-state index contributed by atoms with van der Waals surface area (Å²) in [5, 5.41) is 5.13. The quantitative estimate of drug-likeness (QED) is 0.902. The third-order valence-electron chi connectivity index (χ3n) is 3.75. The lowest BCUT2D eigenvalue weighted by Gasteiger charge is -2.13. The zero-order valence-electron chi connectivity index (χ0n) is 12.4. The molecule has 3 rings (SSSR count). The van der Waals surface area contributed by atoms with Crippen LogP contribution in [0.1, 0.15) is 33.9 Å². The van der Waals surface area contributed by atoms with Gasteiger partial charge in [0.1, 0.15) is 0 Å². The Bertz CT molecular complexity index is 802. The average Bonchev–Trinajstić information content (AvgIpc) is 2.83. The maximum Gasteiger partial charge on any atom is 0.416 e. The molecule has 2 N–H and O–H groups in total. The largest absolute Gasteiger partial charge is 0.416 e. The van der Waals surface area contributed by atoms with Gasteiger partial charge in [-0.25, -0.2) is 0 Å². The molecule has 0 saturated heterocycles. The van der Waals surface area contributed by atoms with E-state index in [-0.39, 0.29) is 18.0 Å². The van der Waals surface area contributed by atoms with Gasteiger partial charge in [-0.3, -0.25) is 9.59 Å². The first-order valence-corrected chi connectivity index (χ1v) is 7.21. The number of carbonyl (C=O) groups excluding carboxylic acids is 2. The van der Waals surface area contributed by atoms with E-state index in [0.717, 1.165) is 12.1 Å². The van der Waals surface area contributed by atoms with Crippen molar-refractivity contribution in [2.75, 3.05) is 5.32 Å². The Morgan fingerprint density at radius 2 is 1.88 bits per heavy atom. The molecular formula is C17H13F3N2O2. The predicted molar refractivity (Wildman–Crippen MR) is 81.3 cm³/mol. The van der Waals surface area contributed by atoms with Gasteiger partial charge in [-0.2, -0.15) is 13.2 Å². The summed E-state index contributed by atoms with van der Waals surface area (Å²) in [5.41, 5.74) is 0.448. The van der Waals surface area contributed by atoms with E-state index >= 15 is 0 Å². The second-order valence-corrected chi connectivity index (χ2v) is 5.44. The van der Waals surface area contributed by atoms with Gasteiger partial charge in [0.05, 0.1) is 18.0 Å². The molecule has 0 spiro atoms. The van der Waals surface area contributed by atoms with Crippen LogP contribution in [0.3, 0.4) is 0 Å². The molecule has 0 aromatic heterocycles. The number of nitrogens with one attached hydrogen (secondary N) is 2. The van der Waals surface area contributed by atoms with E-state index in [1.54, 1.807) is 24.3 Å². The number of rotatable bonds is 3. The summed E-state index contributed by atoms with van der Waals surface area (Å²) >= 11 is 0. The Balaban J connectivity index is 1.70. The van der Waals surface area contributed by atoms with Crippen molar-refractivity contribution < 1.29 is 22.8 Å². The molecule has 0 radical (unpaired) electrons. The van der Waals surface area contributed by atoms with Gasteiger partial charge < -0.3 is 10.6 Å². The van der Waals surface area contributed by atoms with Crippen LogP contribution in [0.15, 0.2) is 48.5 Å². The molecule has 1 atom stereocenters. The second-order valence-electron chi connectivity index (χ2n) is 5.44. The summed E-state index contributed by atoms with van der Waals surface area (Å²) in [5.74, 6) is -0.737. The molecule has 0 aliphatic carbocycles. The second kappa shape index (κ2) is 5.99. The van der Waals surface area contributed by atoms with E-state index in [2.05, 4.69) is 10.6 Å². The van der Waals surface area contributed by atoms with E-state index in [9.17, 15) is 22.8 Å². The van der Waals surface area contributed by atoms with Gasteiger partial charge >= 0.3 is 6.18 Å². The highest BCUT2D eigenvalue weighted by molar-refractivity contribution is 6.00. The van der Waals surface area contributed by atoms with Crippen molar-refractivity contribution in [2.45, 2.75) is 18.6 Å². The first kappa shape index (κ1) is 16.0. The lowest BCUT2D eigenvalue weighted by Crippen LogP contribution is -2.24. The minimum atomic E-state index is -4.47. The summed E-state index contributed by atoms with van der Waals surface area (Å²) in [4.78, 5) is 23.9. The monoisotopic (exact) mass is 334 g/mol. The standard InChI is InChI=1S/C17H13F3N2O2/c18-17(19,20)10-4-3-5-11(8-10)21-15(23)9-14-12-6-1-2-7-13(12)16(24)22-14/h1-8,14H,9H2,(H,21,23)(H,22,24). The van der Waals surface area contributed by atoms with Crippen LogP contribution in [0.4, 0.5) is 18.9 Å². The zero-order chi connectivity index (χ0) is 17.3. The number of benzene rings is 2. The molecule has 2 amide bonds. The summed E-state index contributed by atoms with van der Waals surface area (Å²) in [6, 6.07) is 10.8. The van der Waals surface area contributed by atoms with Gasteiger partial charge in [0.2, 0.25) is 5.91 Å². The van der Waals surface area contributed by atoms with Gasteiger partial charge in [0, 0.05) is 11.3 Å². The highest BCUT2D eigenvalue weighted by Crippen LogP contribution is 2.31. The fourth-order valence-electron chi connectivity index (χ4n) is 2.65. The van der Waals surface area contributed by atoms with E-state index in [1.165, 1.54) is 12.1 Å². The van der Waals surface area contributed by atoms with Crippen molar-refractivity contribution in [2.24, 2.45) is 0 Å². The van der Waals surface area contributed by atoms with Crippen LogP contribution in [0, 0.1) is 0 Å². The Kier molecular flexibility index (Phi) is 4.01. The lowest BCUT2D eigenvalue weighted by molar-refractivity contribution is -0.137. The Morgan fingerprint density at radius 3 is 2.62 bits per heavy atom. The molecule has 4 nitrogen and oxygen atoms in total. The van der Waals surface area contributed by atoms with E-state index in [1.807, 2.05) is 0 Å². The minimum Gasteiger partial charge on any atom is -0.345 e. The average molecular weight is 334 g/mol. The maximum atomic E-state index is 12.7. The summed E-state index contributed by atoms with van der Waals surface area (Å²) in [6.45, 7) is 0. The molecule has 0 saturated carbocycles. The number of alkyl halides is 3. The van der Waals surface area contributed by atoms with Crippen LogP contribution in [-0.4, -0.2) is 11.8 Å². The summed E-state index contributed by atoms with van der Waals surface area (Å²) in [6.07, 6.45) is -4.53. The zero-order valence-corrected chi connectivity index (χ0v) is 12.4. The molecule has 24 heavy (non-hydrogen) atoms. The number of amides is 2. The number of halogens is 3. The number of anilines is 1. The van der Waals surface area contributed by atoms with Crippen molar-refractivity contribution in [1.82, 2.24) is 5.32 Å². The van der Waals surface area contributed by atoms with Crippen LogP contribution < -0.4 is 10.6 Å². The Morgan fingerprint density at radius 1 is 1.12 bits per heavy atom.